The number of hydrogen-bond acceptors (Lipinski definition) is 3. The van der Waals surface area contributed by atoms with Crippen molar-refractivity contribution in [1.82, 2.24) is 15.1 Å². The number of rotatable bonds is 7. The van der Waals surface area contributed by atoms with Gasteiger partial charge in [0.2, 0.25) is 0 Å². The molecule has 1 aromatic heterocycles. The number of aryl methyl sites for hydroxylation is 1. The Bertz CT molecular complexity index is 402. The van der Waals surface area contributed by atoms with Gasteiger partial charge in [-0.15, -0.1) is 0 Å². The van der Waals surface area contributed by atoms with Crippen LogP contribution in [0.1, 0.15) is 17.0 Å². The Morgan fingerprint density at radius 3 is 2.58 bits per heavy atom. The zero-order chi connectivity index (χ0) is 14.5. The average Bonchev–Trinajstić information content (AvgIpc) is 2.57. The SMILES string of the molecule is CNCCc1c(C)nn(CCOCC(F)(F)F)c1C. The van der Waals surface area contributed by atoms with Crippen LogP contribution in [0.5, 0.6) is 0 Å². The molecule has 0 bridgehead atoms. The Kier molecular flexibility index (Phi) is 5.81. The number of hydrogen-bond donors (Lipinski definition) is 1. The lowest BCUT2D eigenvalue weighted by Gasteiger charge is -2.09. The van der Waals surface area contributed by atoms with Crippen LogP contribution in [-0.4, -0.2) is 42.8 Å². The summed E-state index contributed by atoms with van der Waals surface area (Å²) in [7, 11) is 1.88. The molecule has 0 unspecified atom stereocenters. The summed E-state index contributed by atoms with van der Waals surface area (Å²) in [5.74, 6) is 0. The van der Waals surface area contributed by atoms with Gasteiger partial charge in [0.1, 0.15) is 6.61 Å². The van der Waals surface area contributed by atoms with E-state index in [4.69, 9.17) is 0 Å². The molecule has 0 aliphatic rings. The van der Waals surface area contributed by atoms with E-state index in [1.54, 1.807) is 4.68 Å². The number of nitrogens with one attached hydrogen (secondary N) is 1. The molecule has 0 saturated heterocycles. The highest BCUT2D eigenvalue weighted by Crippen LogP contribution is 2.15. The van der Waals surface area contributed by atoms with E-state index >= 15 is 0 Å². The smallest absolute Gasteiger partial charge is 0.370 e. The number of alkyl halides is 3. The molecule has 1 heterocycles. The summed E-state index contributed by atoms with van der Waals surface area (Å²) in [4.78, 5) is 0. The van der Waals surface area contributed by atoms with E-state index in [-0.39, 0.29) is 6.61 Å². The minimum absolute atomic E-state index is 0.00688. The van der Waals surface area contributed by atoms with Gasteiger partial charge >= 0.3 is 6.18 Å². The van der Waals surface area contributed by atoms with Gasteiger partial charge in [-0.3, -0.25) is 4.68 Å². The molecule has 1 rings (SSSR count). The quantitative estimate of drug-likeness (QED) is 0.774. The fourth-order valence-electron chi connectivity index (χ4n) is 1.90. The highest BCUT2D eigenvalue weighted by Gasteiger charge is 2.27. The molecule has 19 heavy (non-hydrogen) atoms. The van der Waals surface area contributed by atoms with Gasteiger partial charge in [-0.05, 0) is 39.4 Å². The van der Waals surface area contributed by atoms with Crippen molar-refractivity contribution < 1.29 is 17.9 Å². The second-order valence-electron chi connectivity index (χ2n) is 4.39. The van der Waals surface area contributed by atoms with E-state index in [1.165, 1.54) is 0 Å². The van der Waals surface area contributed by atoms with Gasteiger partial charge in [0.25, 0.3) is 0 Å². The maximum absolute atomic E-state index is 11.9. The summed E-state index contributed by atoms with van der Waals surface area (Å²) in [6, 6.07) is 0. The van der Waals surface area contributed by atoms with Gasteiger partial charge in [0.05, 0.1) is 18.8 Å². The predicted octanol–water partition coefficient (Wildman–Crippen LogP) is 1.84. The molecule has 1 aromatic rings. The van der Waals surface area contributed by atoms with E-state index in [9.17, 15) is 13.2 Å². The summed E-state index contributed by atoms with van der Waals surface area (Å²) < 4.78 is 42.0. The van der Waals surface area contributed by atoms with Crippen molar-refractivity contribution in [1.29, 1.82) is 0 Å². The monoisotopic (exact) mass is 279 g/mol. The highest BCUT2D eigenvalue weighted by atomic mass is 19.4. The molecule has 0 amide bonds. The van der Waals surface area contributed by atoms with Crippen LogP contribution in [0, 0.1) is 13.8 Å². The van der Waals surface area contributed by atoms with Crippen LogP contribution < -0.4 is 5.32 Å². The van der Waals surface area contributed by atoms with Crippen LogP contribution in [0.3, 0.4) is 0 Å². The molecule has 0 aliphatic carbocycles. The van der Waals surface area contributed by atoms with Crippen molar-refractivity contribution in [3.63, 3.8) is 0 Å². The number of halogens is 3. The maximum Gasteiger partial charge on any atom is 0.411 e. The standard InChI is InChI=1S/C12H20F3N3O/c1-9-11(4-5-16-3)10(2)18(17-9)6-7-19-8-12(13,14)15/h16H,4-8H2,1-3H3. The zero-order valence-corrected chi connectivity index (χ0v) is 11.5. The first kappa shape index (κ1) is 16.0. The molecule has 1 N–H and O–H groups in total. The van der Waals surface area contributed by atoms with Gasteiger partial charge < -0.3 is 10.1 Å². The lowest BCUT2D eigenvalue weighted by molar-refractivity contribution is -0.174. The van der Waals surface area contributed by atoms with Crippen molar-refractivity contribution in [2.75, 3.05) is 26.8 Å². The van der Waals surface area contributed by atoms with E-state index in [2.05, 4.69) is 15.2 Å². The van der Waals surface area contributed by atoms with Crippen molar-refractivity contribution >= 4 is 0 Å². The van der Waals surface area contributed by atoms with Crippen LogP contribution in [0.15, 0.2) is 0 Å². The molecule has 0 aromatic carbocycles. The van der Waals surface area contributed by atoms with Crippen molar-refractivity contribution in [2.45, 2.75) is 33.0 Å². The van der Waals surface area contributed by atoms with Gasteiger partial charge in [-0.25, -0.2) is 0 Å². The van der Waals surface area contributed by atoms with Gasteiger partial charge in [0, 0.05) is 5.69 Å². The first-order valence-electron chi connectivity index (χ1n) is 6.17. The molecule has 0 spiro atoms. The Morgan fingerprint density at radius 2 is 2.00 bits per heavy atom. The van der Waals surface area contributed by atoms with Crippen molar-refractivity contribution in [2.24, 2.45) is 0 Å². The van der Waals surface area contributed by atoms with Crippen LogP contribution >= 0.6 is 0 Å². The third-order valence-corrected chi connectivity index (χ3v) is 2.87. The van der Waals surface area contributed by atoms with Crippen molar-refractivity contribution in [3.8, 4) is 0 Å². The second-order valence-corrected chi connectivity index (χ2v) is 4.39. The van der Waals surface area contributed by atoms with Crippen LogP contribution in [0.4, 0.5) is 13.2 Å². The summed E-state index contributed by atoms with van der Waals surface area (Å²) in [6.45, 7) is 3.81. The lowest BCUT2D eigenvalue weighted by Crippen LogP contribution is -2.19. The minimum atomic E-state index is -4.27. The largest absolute Gasteiger partial charge is 0.411 e. The molecule has 4 nitrogen and oxygen atoms in total. The molecule has 0 saturated carbocycles. The molecular weight excluding hydrogens is 259 g/mol. The van der Waals surface area contributed by atoms with Gasteiger partial charge in [-0.2, -0.15) is 18.3 Å². The number of aromatic nitrogens is 2. The number of ether oxygens (including phenoxy) is 1. The molecule has 110 valence electrons. The van der Waals surface area contributed by atoms with E-state index in [1.807, 2.05) is 20.9 Å². The van der Waals surface area contributed by atoms with E-state index in [0.717, 1.165) is 29.9 Å². The maximum atomic E-state index is 11.9. The minimum Gasteiger partial charge on any atom is -0.370 e. The second kappa shape index (κ2) is 6.91. The topological polar surface area (TPSA) is 39.1 Å². The van der Waals surface area contributed by atoms with Crippen LogP contribution in [0.25, 0.3) is 0 Å². The Balaban J connectivity index is 2.50. The Morgan fingerprint density at radius 1 is 1.32 bits per heavy atom. The average molecular weight is 279 g/mol. The molecule has 0 atom stereocenters. The first-order chi connectivity index (χ1) is 8.85. The van der Waals surface area contributed by atoms with Crippen molar-refractivity contribution in [3.05, 3.63) is 17.0 Å². The van der Waals surface area contributed by atoms with Gasteiger partial charge in [-0.1, -0.05) is 0 Å². The van der Waals surface area contributed by atoms with E-state index in [0.29, 0.717) is 6.54 Å². The number of likely N-dealkylation sites (N-methyl/N-ethyl adjacent to an activating group) is 1. The molecular formula is C12H20F3N3O. The molecule has 0 aliphatic heterocycles. The summed E-state index contributed by atoms with van der Waals surface area (Å²) in [6.07, 6.45) is -3.41. The molecule has 0 radical (unpaired) electrons. The third-order valence-electron chi connectivity index (χ3n) is 2.87. The molecule has 0 fully saturated rings. The normalized spacial score (nSPS) is 12.1. The Labute approximate surface area is 110 Å². The van der Waals surface area contributed by atoms with Crippen LogP contribution in [0.2, 0.25) is 0 Å². The molecule has 7 heteroatoms. The summed E-state index contributed by atoms with van der Waals surface area (Å²) >= 11 is 0. The fraction of sp³-hybridized carbons (Fsp3) is 0.750. The summed E-state index contributed by atoms with van der Waals surface area (Å²) in [5, 5.41) is 7.39. The third kappa shape index (κ3) is 5.20. The number of nitrogens with zero attached hydrogens (tertiary/aromatic N) is 2. The van der Waals surface area contributed by atoms with Crippen LogP contribution in [-0.2, 0) is 17.7 Å². The Hall–Kier alpha value is -1.08. The summed E-state index contributed by atoms with van der Waals surface area (Å²) in [5.41, 5.74) is 3.05. The van der Waals surface area contributed by atoms with Gasteiger partial charge in [0.15, 0.2) is 0 Å². The lowest BCUT2D eigenvalue weighted by atomic mass is 10.1. The highest BCUT2D eigenvalue weighted by molar-refractivity contribution is 5.24. The van der Waals surface area contributed by atoms with E-state index < -0.39 is 12.8 Å². The fourth-order valence-corrected chi connectivity index (χ4v) is 1.90. The predicted molar refractivity (Wildman–Crippen MR) is 66.2 cm³/mol. The zero-order valence-electron chi connectivity index (χ0n) is 11.5. The first-order valence-corrected chi connectivity index (χ1v) is 6.17.